The second-order valence-electron chi connectivity index (χ2n) is 6.87. The standard InChI is InChI=1S/C18H38O4S.K/c1-3-4-5-6-7-8-9-12-15-18(23(20,21)22)16-13-10-11-14-17(2)19;/h17-19H,3-16H2,1-2H3,(H,20,21,22);/q;+1/p-1. The predicted octanol–water partition coefficient (Wildman–Crippen LogP) is 1.77. The van der Waals surface area contributed by atoms with Crippen LogP contribution in [0.15, 0.2) is 0 Å². The van der Waals surface area contributed by atoms with Crippen LogP contribution in [0.4, 0.5) is 0 Å². The van der Waals surface area contributed by atoms with Gasteiger partial charge in [0.15, 0.2) is 0 Å². The van der Waals surface area contributed by atoms with Gasteiger partial charge in [-0.05, 0) is 26.2 Å². The molecule has 24 heavy (non-hydrogen) atoms. The van der Waals surface area contributed by atoms with E-state index in [0.717, 1.165) is 44.9 Å². The number of unbranched alkanes of at least 4 members (excludes halogenated alkanes) is 9. The molecule has 0 spiro atoms. The van der Waals surface area contributed by atoms with Gasteiger partial charge in [-0.15, -0.1) is 0 Å². The van der Waals surface area contributed by atoms with Gasteiger partial charge in [-0.3, -0.25) is 0 Å². The average Bonchev–Trinajstić information content (AvgIpc) is 2.46. The first-order chi connectivity index (χ1) is 10.9. The summed E-state index contributed by atoms with van der Waals surface area (Å²) in [4.78, 5) is 0. The number of rotatable bonds is 16. The van der Waals surface area contributed by atoms with Crippen LogP contribution in [-0.4, -0.2) is 29.4 Å². The van der Waals surface area contributed by atoms with E-state index in [2.05, 4.69) is 6.92 Å². The number of hydrogen-bond acceptors (Lipinski definition) is 4. The third kappa shape index (κ3) is 18.3. The van der Waals surface area contributed by atoms with E-state index in [1.165, 1.54) is 32.1 Å². The van der Waals surface area contributed by atoms with Gasteiger partial charge in [0.2, 0.25) is 0 Å². The first-order valence-corrected chi connectivity index (χ1v) is 11.0. The van der Waals surface area contributed by atoms with Crippen molar-refractivity contribution in [3.63, 3.8) is 0 Å². The molecule has 1 N–H and O–H groups in total. The summed E-state index contributed by atoms with van der Waals surface area (Å²) in [5, 5.41) is 8.47. The molecule has 4 nitrogen and oxygen atoms in total. The van der Waals surface area contributed by atoms with Crippen LogP contribution in [0.5, 0.6) is 0 Å². The minimum absolute atomic E-state index is 0. The molecule has 0 aliphatic rings. The normalized spacial score (nSPS) is 14.2. The largest absolute Gasteiger partial charge is 1.00 e. The van der Waals surface area contributed by atoms with Gasteiger partial charge in [0.1, 0.15) is 0 Å². The van der Waals surface area contributed by atoms with E-state index in [0.29, 0.717) is 12.8 Å². The third-order valence-corrected chi connectivity index (χ3v) is 5.72. The van der Waals surface area contributed by atoms with Crippen LogP contribution in [0.2, 0.25) is 0 Å². The molecule has 0 radical (unpaired) electrons. The van der Waals surface area contributed by atoms with Crippen LogP contribution in [0.1, 0.15) is 104 Å². The van der Waals surface area contributed by atoms with Crippen molar-refractivity contribution in [2.24, 2.45) is 0 Å². The summed E-state index contributed by atoms with van der Waals surface area (Å²) in [7, 11) is -4.17. The Morgan fingerprint density at radius 2 is 1.17 bits per heavy atom. The number of aliphatic hydroxyl groups is 1. The van der Waals surface area contributed by atoms with Crippen molar-refractivity contribution in [2.45, 2.75) is 115 Å². The summed E-state index contributed by atoms with van der Waals surface area (Å²) in [6.45, 7) is 3.96. The van der Waals surface area contributed by atoms with Crippen LogP contribution >= 0.6 is 0 Å². The first-order valence-electron chi connectivity index (χ1n) is 9.50. The van der Waals surface area contributed by atoms with Crippen LogP contribution in [-0.2, 0) is 10.1 Å². The monoisotopic (exact) mass is 388 g/mol. The fourth-order valence-corrected chi connectivity index (χ4v) is 3.84. The van der Waals surface area contributed by atoms with Crippen molar-refractivity contribution >= 4 is 10.1 Å². The minimum atomic E-state index is -4.17. The Bertz CT molecular complexity index is 358. The Morgan fingerprint density at radius 1 is 0.792 bits per heavy atom. The molecule has 2 unspecified atom stereocenters. The Balaban J connectivity index is 0. The SMILES string of the molecule is CCCCCCCCCCC(CCCCCC(C)O)S(=O)(=O)[O-].[K+]. The Kier molecular flexibility index (Phi) is 20.7. The van der Waals surface area contributed by atoms with E-state index in [-0.39, 0.29) is 57.5 Å². The molecule has 0 saturated heterocycles. The summed E-state index contributed by atoms with van der Waals surface area (Å²) >= 11 is 0. The number of hydrogen-bond donors (Lipinski definition) is 1. The molecular formula is C18H37KO4S. The maximum absolute atomic E-state index is 11.3. The fraction of sp³-hybridized carbons (Fsp3) is 1.00. The summed E-state index contributed by atoms with van der Waals surface area (Å²) in [6.07, 6.45) is 13.3. The van der Waals surface area contributed by atoms with Crippen LogP contribution in [0.3, 0.4) is 0 Å². The van der Waals surface area contributed by atoms with E-state index in [4.69, 9.17) is 0 Å². The van der Waals surface area contributed by atoms with Gasteiger partial charge in [-0.25, -0.2) is 8.42 Å². The molecule has 0 aromatic heterocycles. The smallest absolute Gasteiger partial charge is 0.748 e. The van der Waals surface area contributed by atoms with Crippen molar-refractivity contribution in [1.29, 1.82) is 0 Å². The molecule has 0 amide bonds. The third-order valence-electron chi connectivity index (χ3n) is 4.44. The molecule has 140 valence electrons. The Labute approximate surface area is 192 Å². The van der Waals surface area contributed by atoms with Crippen LogP contribution in [0.25, 0.3) is 0 Å². The molecule has 6 heteroatoms. The second-order valence-corrected chi connectivity index (χ2v) is 8.52. The molecule has 0 aromatic rings. The predicted molar refractivity (Wildman–Crippen MR) is 95.5 cm³/mol. The second kappa shape index (κ2) is 17.9. The van der Waals surface area contributed by atoms with Crippen molar-refractivity contribution in [1.82, 2.24) is 0 Å². The van der Waals surface area contributed by atoms with Crippen LogP contribution in [0, 0.1) is 0 Å². The maximum Gasteiger partial charge on any atom is 1.00 e. The van der Waals surface area contributed by atoms with E-state index >= 15 is 0 Å². The fourth-order valence-electron chi connectivity index (χ4n) is 2.93. The van der Waals surface area contributed by atoms with Crippen molar-refractivity contribution < 1.29 is 69.5 Å². The zero-order valence-corrected chi connectivity index (χ0v) is 20.1. The van der Waals surface area contributed by atoms with Gasteiger partial charge in [0.05, 0.1) is 16.2 Å². The summed E-state index contributed by atoms with van der Waals surface area (Å²) in [5.41, 5.74) is 0. The van der Waals surface area contributed by atoms with Gasteiger partial charge >= 0.3 is 51.4 Å². The van der Waals surface area contributed by atoms with Crippen LogP contribution < -0.4 is 51.4 Å². The van der Waals surface area contributed by atoms with Gasteiger partial charge in [-0.1, -0.05) is 77.6 Å². The molecule has 2 atom stereocenters. The summed E-state index contributed by atoms with van der Waals surface area (Å²) < 4.78 is 34.0. The molecule has 0 rings (SSSR count). The topological polar surface area (TPSA) is 77.4 Å². The summed E-state index contributed by atoms with van der Waals surface area (Å²) in [6, 6.07) is 0. The van der Waals surface area contributed by atoms with Gasteiger partial charge in [0.25, 0.3) is 0 Å². The number of aliphatic hydroxyl groups excluding tert-OH is 1. The van der Waals surface area contributed by atoms with Gasteiger partial charge < -0.3 is 9.66 Å². The summed E-state index contributed by atoms with van der Waals surface area (Å²) in [5.74, 6) is 0. The first kappa shape index (κ1) is 27.7. The molecule has 0 heterocycles. The van der Waals surface area contributed by atoms with Crippen molar-refractivity contribution in [3.05, 3.63) is 0 Å². The van der Waals surface area contributed by atoms with E-state index in [1.54, 1.807) is 6.92 Å². The molecule has 0 aromatic carbocycles. The van der Waals surface area contributed by atoms with E-state index in [9.17, 15) is 18.1 Å². The maximum atomic E-state index is 11.3. The molecule has 0 aliphatic carbocycles. The quantitative estimate of drug-likeness (QED) is 0.248. The molecule has 0 saturated carbocycles. The van der Waals surface area contributed by atoms with Gasteiger partial charge in [-0.2, -0.15) is 0 Å². The Morgan fingerprint density at radius 3 is 1.58 bits per heavy atom. The average molecular weight is 389 g/mol. The Hall–Kier alpha value is 1.51. The zero-order valence-electron chi connectivity index (χ0n) is 16.1. The molecule has 0 bridgehead atoms. The van der Waals surface area contributed by atoms with E-state index < -0.39 is 15.4 Å². The van der Waals surface area contributed by atoms with Gasteiger partial charge in [0, 0.05) is 5.25 Å². The zero-order chi connectivity index (χ0) is 17.6. The van der Waals surface area contributed by atoms with Crippen molar-refractivity contribution in [3.8, 4) is 0 Å². The van der Waals surface area contributed by atoms with E-state index in [1.807, 2.05) is 0 Å². The molecule has 0 fully saturated rings. The van der Waals surface area contributed by atoms with Crippen molar-refractivity contribution in [2.75, 3.05) is 0 Å². The molecule has 0 aliphatic heterocycles. The molecular weight excluding hydrogens is 351 g/mol. The minimum Gasteiger partial charge on any atom is -0.748 e.